The van der Waals surface area contributed by atoms with E-state index in [-0.39, 0.29) is 11.8 Å². The van der Waals surface area contributed by atoms with E-state index in [1.807, 2.05) is 4.90 Å². The maximum absolute atomic E-state index is 12.3. The monoisotopic (exact) mass is 363 g/mol. The van der Waals surface area contributed by atoms with Crippen LogP contribution in [0.2, 0.25) is 0 Å². The first-order valence-electron chi connectivity index (χ1n) is 9.53. The van der Waals surface area contributed by atoms with Crippen molar-refractivity contribution < 1.29 is 9.59 Å². The van der Waals surface area contributed by atoms with Gasteiger partial charge in [-0.2, -0.15) is 0 Å². The molecule has 1 aromatic heterocycles. The topological polar surface area (TPSA) is 52.7 Å². The van der Waals surface area contributed by atoms with Gasteiger partial charge in [0.2, 0.25) is 11.8 Å². The Bertz CT molecular complexity index is 557. The number of hydrogen-bond acceptors (Lipinski definition) is 4. The van der Waals surface area contributed by atoms with Crippen molar-refractivity contribution in [1.29, 1.82) is 0 Å². The molecule has 0 radical (unpaired) electrons. The fourth-order valence-electron chi connectivity index (χ4n) is 3.37. The first kappa shape index (κ1) is 18.4. The molecule has 3 rings (SSSR count). The second kappa shape index (κ2) is 9.34. The third-order valence-corrected chi connectivity index (χ3v) is 5.81. The van der Waals surface area contributed by atoms with Crippen LogP contribution < -0.4 is 5.32 Å². The Hall–Kier alpha value is -1.40. The van der Waals surface area contributed by atoms with E-state index >= 15 is 0 Å². The lowest BCUT2D eigenvalue weighted by Gasteiger charge is -2.22. The third-order valence-electron chi connectivity index (χ3n) is 4.95. The quantitative estimate of drug-likeness (QED) is 0.686. The van der Waals surface area contributed by atoms with Crippen molar-refractivity contribution in [3.05, 3.63) is 22.4 Å². The lowest BCUT2D eigenvalue weighted by atomic mass is 10.2. The SMILES string of the molecule is O=C(CN(Cc1cccs1)C1CC1)NCCCN1CCCCCC1=O. The standard InChI is InChI=1S/C19H29N3O2S/c23-18(15-22(16-8-9-16)14-17-6-4-13-25-17)20-10-5-12-21-11-3-1-2-7-19(21)24/h4,6,13,16H,1-3,5,7-12,14-15H2,(H,20,23). The average molecular weight is 364 g/mol. The normalized spacial score (nSPS) is 18.4. The molecule has 1 N–H and O–H groups in total. The summed E-state index contributed by atoms with van der Waals surface area (Å²) in [6, 6.07) is 4.77. The van der Waals surface area contributed by atoms with Gasteiger partial charge in [0.15, 0.2) is 0 Å². The molecule has 0 unspecified atom stereocenters. The van der Waals surface area contributed by atoms with E-state index in [0.717, 1.165) is 45.3 Å². The van der Waals surface area contributed by atoms with Gasteiger partial charge in [-0.1, -0.05) is 12.5 Å². The number of thiophene rings is 1. The third kappa shape index (κ3) is 6.12. The molecule has 1 saturated carbocycles. The molecule has 6 heteroatoms. The van der Waals surface area contributed by atoms with Crippen molar-refractivity contribution in [2.45, 2.75) is 57.5 Å². The first-order valence-corrected chi connectivity index (χ1v) is 10.4. The molecule has 1 aliphatic heterocycles. The fourth-order valence-corrected chi connectivity index (χ4v) is 4.10. The number of nitrogens with zero attached hydrogens (tertiary/aromatic N) is 2. The summed E-state index contributed by atoms with van der Waals surface area (Å²) in [5.41, 5.74) is 0. The minimum Gasteiger partial charge on any atom is -0.355 e. The zero-order valence-corrected chi connectivity index (χ0v) is 15.7. The van der Waals surface area contributed by atoms with Crippen LogP contribution in [0.4, 0.5) is 0 Å². The van der Waals surface area contributed by atoms with Crippen LogP contribution in [0.1, 0.15) is 49.8 Å². The van der Waals surface area contributed by atoms with E-state index in [1.54, 1.807) is 11.3 Å². The second-order valence-electron chi connectivity index (χ2n) is 7.11. The molecule has 2 heterocycles. The van der Waals surface area contributed by atoms with Crippen LogP contribution in [-0.2, 0) is 16.1 Å². The lowest BCUT2D eigenvalue weighted by molar-refractivity contribution is -0.130. The Labute approximate surface area is 154 Å². The zero-order chi connectivity index (χ0) is 17.5. The van der Waals surface area contributed by atoms with Crippen LogP contribution in [0, 0.1) is 0 Å². The molecule has 2 fully saturated rings. The van der Waals surface area contributed by atoms with E-state index < -0.39 is 0 Å². The fraction of sp³-hybridized carbons (Fsp3) is 0.684. The van der Waals surface area contributed by atoms with Crippen LogP contribution in [0.5, 0.6) is 0 Å². The summed E-state index contributed by atoms with van der Waals surface area (Å²) in [7, 11) is 0. The predicted octanol–water partition coefficient (Wildman–Crippen LogP) is 2.62. The molecule has 25 heavy (non-hydrogen) atoms. The first-order chi connectivity index (χ1) is 12.2. The molecule has 0 aromatic carbocycles. The van der Waals surface area contributed by atoms with Crippen LogP contribution in [-0.4, -0.2) is 53.8 Å². The maximum atomic E-state index is 12.3. The number of rotatable bonds is 9. The number of carbonyl (C=O) groups is 2. The number of amides is 2. The summed E-state index contributed by atoms with van der Waals surface area (Å²) >= 11 is 1.75. The van der Waals surface area contributed by atoms with Crippen molar-refractivity contribution in [2.75, 3.05) is 26.2 Å². The van der Waals surface area contributed by atoms with E-state index in [0.29, 0.717) is 25.6 Å². The van der Waals surface area contributed by atoms with Crippen molar-refractivity contribution in [3.63, 3.8) is 0 Å². The Morgan fingerprint density at radius 1 is 1.32 bits per heavy atom. The molecule has 0 bridgehead atoms. The van der Waals surface area contributed by atoms with Gasteiger partial charge in [-0.05, 0) is 43.6 Å². The van der Waals surface area contributed by atoms with Crippen molar-refractivity contribution >= 4 is 23.2 Å². The molecule has 138 valence electrons. The molecule has 0 spiro atoms. The van der Waals surface area contributed by atoms with Gasteiger partial charge >= 0.3 is 0 Å². The zero-order valence-electron chi connectivity index (χ0n) is 14.9. The highest BCUT2D eigenvalue weighted by Crippen LogP contribution is 2.28. The Morgan fingerprint density at radius 3 is 2.96 bits per heavy atom. The largest absolute Gasteiger partial charge is 0.355 e. The minimum atomic E-state index is 0.102. The second-order valence-corrected chi connectivity index (χ2v) is 8.14. The Kier molecular flexibility index (Phi) is 6.87. The van der Waals surface area contributed by atoms with E-state index in [1.165, 1.54) is 17.7 Å². The predicted molar refractivity (Wildman–Crippen MR) is 100 cm³/mol. The molecule has 1 aliphatic carbocycles. The lowest BCUT2D eigenvalue weighted by Crippen LogP contribution is -2.39. The van der Waals surface area contributed by atoms with Gasteiger partial charge < -0.3 is 10.2 Å². The molecular weight excluding hydrogens is 334 g/mol. The smallest absolute Gasteiger partial charge is 0.234 e. The minimum absolute atomic E-state index is 0.102. The van der Waals surface area contributed by atoms with Gasteiger partial charge in [-0.15, -0.1) is 11.3 Å². The van der Waals surface area contributed by atoms with Crippen molar-refractivity contribution in [2.24, 2.45) is 0 Å². The number of hydrogen-bond donors (Lipinski definition) is 1. The molecule has 1 aromatic rings. The number of likely N-dealkylation sites (tertiary alicyclic amines) is 1. The van der Waals surface area contributed by atoms with Crippen LogP contribution in [0.3, 0.4) is 0 Å². The van der Waals surface area contributed by atoms with Crippen LogP contribution >= 0.6 is 11.3 Å². The Balaban J connectivity index is 1.34. The van der Waals surface area contributed by atoms with Gasteiger partial charge in [0.1, 0.15) is 0 Å². The Morgan fingerprint density at radius 2 is 2.20 bits per heavy atom. The molecule has 0 atom stereocenters. The van der Waals surface area contributed by atoms with Crippen LogP contribution in [0.25, 0.3) is 0 Å². The van der Waals surface area contributed by atoms with Crippen molar-refractivity contribution in [1.82, 2.24) is 15.1 Å². The summed E-state index contributed by atoms with van der Waals surface area (Å²) in [5, 5.41) is 5.12. The molecule has 2 amide bonds. The summed E-state index contributed by atoms with van der Waals surface area (Å²) in [4.78, 5) is 29.8. The molecule has 5 nitrogen and oxygen atoms in total. The summed E-state index contributed by atoms with van der Waals surface area (Å²) in [6.07, 6.45) is 7.22. The van der Waals surface area contributed by atoms with Crippen LogP contribution in [0.15, 0.2) is 17.5 Å². The van der Waals surface area contributed by atoms with Gasteiger partial charge in [0.05, 0.1) is 6.54 Å². The number of carbonyl (C=O) groups excluding carboxylic acids is 2. The maximum Gasteiger partial charge on any atom is 0.234 e. The summed E-state index contributed by atoms with van der Waals surface area (Å²) < 4.78 is 0. The highest BCUT2D eigenvalue weighted by molar-refractivity contribution is 7.09. The van der Waals surface area contributed by atoms with E-state index in [4.69, 9.17) is 0 Å². The van der Waals surface area contributed by atoms with Crippen molar-refractivity contribution in [3.8, 4) is 0 Å². The summed E-state index contributed by atoms with van der Waals surface area (Å²) in [5.74, 6) is 0.380. The molecular formula is C19H29N3O2S. The highest BCUT2D eigenvalue weighted by Gasteiger charge is 2.30. The highest BCUT2D eigenvalue weighted by atomic mass is 32.1. The van der Waals surface area contributed by atoms with Gasteiger partial charge in [0, 0.05) is 43.5 Å². The van der Waals surface area contributed by atoms with Gasteiger partial charge in [-0.25, -0.2) is 0 Å². The average Bonchev–Trinajstić information content (AvgIpc) is 3.36. The van der Waals surface area contributed by atoms with Gasteiger partial charge in [0.25, 0.3) is 0 Å². The summed E-state index contributed by atoms with van der Waals surface area (Å²) in [6.45, 7) is 3.65. The molecule has 1 saturated heterocycles. The van der Waals surface area contributed by atoms with Gasteiger partial charge in [-0.3, -0.25) is 14.5 Å². The van der Waals surface area contributed by atoms with E-state index in [2.05, 4.69) is 27.7 Å². The van der Waals surface area contributed by atoms with E-state index in [9.17, 15) is 9.59 Å². The number of nitrogens with one attached hydrogen (secondary N) is 1. The molecule has 2 aliphatic rings.